The Hall–Kier alpha value is -2.42. The highest BCUT2D eigenvalue weighted by atomic mass is 32.1. The van der Waals surface area contributed by atoms with E-state index in [-0.39, 0.29) is 32.0 Å². The molecule has 0 aromatic carbocycles. The molecule has 1 aromatic heterocycles. The number of hydrogen-bond acceptors (Lipinski definition) is 5. The van der Waals surface area contributed by atoms with Crippen LogP contribution in [-0.2, 0) is 4.79 Å². The van der Waals surface area contributed by atoms with E-state index in [0.29, 0.717) is 5.56 Å². The minimum atomic E-state index is -0.753. The summed E-state index contributed by atoms with van der Waals surface area (Å²) < 4.78 is 0. The first kappa shape index (κ1) is 16.4. The van der Waals surface area contributed by atoms with Gasteiger partial charge in [0.2, 0.25) is 0 Å². The van der Waals surface area contributed by atoms with Gasteiger partial charge in [-0.2, -0.15) is 0 Å². The zero-order valence-corrected chi connectivity index (χ0v) is 14.3. The average Bonchev–Trinajstić information content (AvgIpc) is 2.99. The number of Topliss-reactive ketones (excluding diaryl/α,β-unsaturated/α-hetero) is 1. The predicted molar refractivity (Wildman–Crippen MR) is 86.9 cm³/mol. The van der Waals surface area contributed by atoms with E-state index in [9.17, 15) is 19.2 Å². The van der Waals surface area contributed by atoms with Crippen molar-refractivity contribution in [3.8, 4) is 0 Å². The molecule has 0 radical (unpaired) electrons. The van der Waals surface area contributed by atoms with E-state index in [0.717, 1.165) is 14.7 Å². The summed E-state index contributed by atoms with van der Waals surface area (Å²) in [5.74, 6) is -0.714. The van der Waals surface area contributed by atoms with Crippen LogP contribution in [0.1, 0.15) is 20.1 Å². The van der Waals surface area contributed by atoms with Gasteiger partial charge in [-0.25, -0.2) is 9.59 Å². The Labute approximate surface area is 142 Å². The molecule has 0 spiro atoms. The zero-order chi connectivity index (χ0) is 17.6. The van der Waals surface area contributed by atoms with Crippen molar-refractivity contribution in [1.82, 2.24) is 14.7 Å². The molecule has 0 saturated carbocycles. The molecule has 2 saturated heterocycles. The number of imide groups is 1. The number of ketones is 1. The highest BCUT2D eigenvalue weighted by Crippen LogP contribution is 2.25. The third-order valence-electron chi connectivity index (χ3n) is 4.36. The first-order chi connectivity index (χ1) is 11.3. The number of hydrogen-bond donors (Lipinski definition) is 1. The van der Waals surface area contributed by atoms with Crippen molar-refractivity contribution < 1.29 is 19.2 Å². The van der Waals surface area contributed by atoms with Gasteiger partial charge in [0.15, 0.2) is 5.78 Å². The lowest BCUT2D eigenvalue weighted by molar-refractivity contribution is -0.128. The molecule has 0 bridgehead atoms. The first-order valence-electron chi connectivity index (χ1n) is 7.56. The molecule has 9 heteroatoms. The van der Waals surface area contributed by atoms with E-state index in [1.54, 1.807) is 6.07 Å². The Morgan fingerprint density at radius 2 is 2.00 bits per heavy atom. The van der Waals surface area contributed by atoms with Gasteiger partial charge in [0.05, 0.1) is 13.1 Å². The van der Waals surface area contributed by atoms with Crippen molar-refractivity contribution in [2.45, 2.75) is 19.9 Å². The fourth-order valence-corrected chi connectivity index (χ4v) is 4.08. The number of nitrogens with zero attached hydrogens (tertiary/aromatic N) is 3. The lowest BCUT2D eigenvalue weighted by Gasteiger charge is -2.34. The van der Waals surface area contributed by atoms with Crippen LogP contribution in [0.4, 0.5) is 9.59 Å². The largest absolute Gasteiger partial charge is 0.351 e. The first-order valence-corrected chi connectivity index (χ1v) is 8.38. The summed E-state index contributed by atoms with van der Waals surface area (Å²) in [5, 5.41) is 0. The molecular weight excluding hydrogens is 332 g/mol. The molecule has 8 nitrogen and oxygen atoms in total. The van der Waals surface area contributed by atoms with Crippen LogP contribution in [0.2, 0.25) is 0 Å². The van der Waals surface area contributed by atoms with Crippen molar-refractivity contribution >= 4 is 35.1 Å². The van der Waals surface area contributed by atoms with Crippen molar-refractivity contribution in [1.29, 1.82) is 0 Å². The van der Waals surface area contributed by atoms with Gasteiger partial charge in [-0.05, 0) is 19.9 Å². The normalized spacial score (nSPS) is 20.6. The number of fused-ring (bicyclic) bond motifs is 1. The van der Waals surface area contributed by atoms with Gasteiger partial charge in [0, 0.05) is 28.4 Å². The minimum absolute atomic E-state index is 0.0706. The van der Waals surface area contributed by atoms with Gasteiger partial charge in [-0.3, -0.25) is 14.5 Å². The van der Waals surface area contributed by atoms with Gasteiger partial charge in [-0.15, -0.1) is 11.3 Å². The van der Waals surface area contributed by atoms with Crippen LogP contribution < -0.4 is 5.73 Å². The maximum absolute atomic E-state index is 12.5. The van der Waals surface area contributed by atoms with E-state index < -0.39 is 24.0 Å². The number of piperazine rings is 1. The van der Waals surface area contributed by atoms with Crippen LogP contribution in [0.5, 0.6) is 0 Å². The smallest absolute Gasteiger partial charge is 0.328 e. The van der Waals surface area contributed by atoms with Crippen molar-refractivity contribution in [3.05, 3.63) is 21.4 Å². The summed E-state index contributed by atoms with van der Waals surface area (Å²) in [7, 11) is 0. The molecule has 24 heavy (non-hydrogen) atoms. The number of carbonyl (C=O) groups is 4. The molecule has 128 valence electrons. The topological polar surface area (TPSA) is 104 Å². The molecular formula is C15H18N4O4S. The van der Waals surface area contributed by atoms with Gasteiger partial charge in [-0.1, -0.05) is 0 Å². The molecule has 1 atom stereocenters. The molecule has 2 aliphatic heterocycles. The van der Waals surface area contributed by atoms with E-state index in [1.807, 2.05) is 13.8 Å². The molecule has 3 heterocycles. The maximum Gasteiger partial charge on any atom is 0.328 e. The van der Waals surface area contributed by atoms with Gasteiger partial charge in [0.1, 0.15) is 6.04 Å². The number of nitrogens with two attached hydrogens (primary N) is 1. The fourth-order valence-electron chi connectivity index (χ4n) is 3.13. The molecule has 0 aliphatic carbocycles. The maximum atomic E-state index is 12.5. The van der Waals surface area contributed by atoms with Crippen LogP contribution in [0.25, 0.3) is 0 Å². The van der Waals surface area contributed by atoms with E-state index in [1.165, 1.54) is 21.1 Å². The van der Waals surface area contributed by atoms with Crippen LogP contribution in [0.3, 0.4) is 0 Å². The van der Waals surface area contributed by atoms with Crippen LogP contribution in [0, 0.1) is 13.8 Å². The Kier molecular flexibility index (Phi) is 4.04. The lowest BCUT2D eigenvalue weighted by Crippen LogP contribution is -2.55. The number of aryl methyl sites for hydroxylation is 2. The standard InChI is InChI=1S/C15H18N4O4S/c1-8-5-10(9(2)24-8)12(20)7-19-13(21)11-6-17(14(16)22)3-4-18(11)15(19)23/h5,11H,3-4,6-7H2,1-2H3,(H2,16,22)/t11-/m0/s1. The van der Waals surface area contributed by atoms with Crippen molar-refractivity contribution in [3.63, 3.8) is 0 Å². The summed E-state index contributed by atoms with van der Waals surface area (Å²) in [6.07, 6.45) is 0. The molecule has 2 aliphatic rings. The molecule has 2 N–H and O–H groups in total. The monoisotopic (exact) mass is 350 g/mol. The second-order valence-electron chi connectivity index (χ2n) is 5.95. The van der Waals surface area contributed by atoms with Gasteiger partial charge in [0.25, 0.3) is 5.91 Å². The Balaban J connectivity index is 1.76. The number of thiophene rings is 1. The van der Waals surface area contributed by atoms with E-state index >= 15 is 0 Å². The third-order valence-corrected chi connectivity index (χ3v) is 5.33. The Morgan fingerprint density at radius 3 is 2.58 bits per heavy atom. The summed E-state index contributed by atoms with van der Waals surface area (Å²) in [6, 6.07) is -0.0760. The Bertz CT molecular complexity index is 744. The molecule has 5 amide bonds. The van der Waals surface area contributed by atoms with E-state index in [2.05, 4.69) is 0 Å². The number of urea groups is 2. The number of carbonyl (C=O) groups excluding carboxylic acids is 4. The van der Waals surface area contributed by atoms with Crippen LogP contribution in [0.15, 0.2) is 6.07 Å². The highest BCUT2D eigenvalue weighted by molar-refractivity contribution is 7.12. The second kappa shape index (κ2) is 5.90. The lowest BCUT2D eigenvalue weighted by atomic mass is 10.1. The van der Waals surface area contributed by atoms with E-state index in [4.69, 9.17) is 5.73 Å². The number of rotatable bonds is 3. The van der Waals surface area contributed by atoms with Gasteiger partial charge >= 0.3 is 12.1 Å². The second-order valence-corrected chi connectivity index (χ2v) is 7.41. The molecule has 2 fully saturated rings. The van der Waals surface area contributed by atoms with Crippen molar-refractivity contribution in [2.24, 2.45) is 5.73 Å². The SMILES string of the molecule is Cc1cc(C(=O)CN2C(=O)[C@@H]3CN(C(N)=O)CCN3C2=O)c(C)s1. The predicted octanol–water partition coefficient (Wildman–Crippen LogP) is 0.575. The summed E-state index contributed by atoms with van der Waals surface area (Å²) in [5.41, 5.74) is 5.79. The minimum Gasteiger partial charge on any atom is -0.351 e. The van der Waals surface area contributed by atoms with Crippen LogP contribution >= 0.6 is 11.3 Å². The fraction of sp³-hybridized carbons (Fsp3) is 0.467. The highest BCUT2D eigenvalue weighted by Gasteiger charge is 2.48. The quantitative estimate of drug-likeness (QED) is 0.636. The third kappa shape index (κ3) is 2.64. The average molecular weight is 350 g/mol. The molecule has 1 aromatic rings. The molecule has 3 rings (SSSR count). The zero-order valence-electron chi connectivity index (χ0n) is 13.4. The number of primary amides is 1. The number of amides is 5. The van der Waals surface area contributed by atoms with Gasteiger partial charge < -0.3 is 15.5 Å². The Morgan fingerprint density at radius 1 is 1.29 bits per heavy atom. The van der Waals surface area contributed by atoms with Crippen molar-refractivity contribution in [2.75, 3.05) is 26.2 Å². The summed E-state index contributed by atoms with van der Waals surface area (Å²) >= 11 is 1.50. The summed E-state index contributed by atoms with van der Waals surface area (Å²) in [6.45, 7) is 4.06. The molecule has 0 unspecified atom stereocenters. The van der Waals surface area contributed by atoms with Crippen LogP contribution in [-0.4, -0.2) is 70.7 Å². The summed E-state index contributed by atoms with van der Waals surface area (Å²) in [4.78, 5) is 54.3.